The fourth-order valence-corrected chi connectivity index (χ4v) is 5.19. The van der Waals surface area contributed by atoms with Gasteiger partial charge in [0.15, 0.2) is 0 Å². The Hall–Kier alpha value is -3.56. The number of hydrogen-bond donors (Lipinski definition) is 1. The van der Waals surface area contributed by atoms with Crippen LogP contribution in [0.3, 0.4) is 0 Å². The number of aliphatic hydroxyl groups is 1. The maximum absolute atomic E-state index is 13.3. The Balaban J connectivity index is 1.32. The number of carbonyl (C=O) groups excluding carboxylic acids is 1. The van der Waals surface area contributed by atoms with Crippen molar-refractivity contribution in [3.8, 4) is 0 Å². The van der Waals surface area contributed by atoms with Gasteiger partial charge in [0.1, 0.15) is 0 Å². The highest BCUT2D eigenvalue weighted by molar-refractivity contribution is 5.97. The summed E-state index contributed by atoms with van der Waals surface area (Å²) in [6.45, 7) is 4.77. The van der Waals surface area contributed by atoms with Crippen molar-refractivity contribution >= 4 is 33.5 Å². The summed E-state index contributed by atoms with van der Waals surface area (Å²) in [6, 6.07) is 9.51. The van der Waals surface area contributed by atoms with E-state index in [1.54, 1.807) is 31.6 Å². The molecule has 1 atom stereocenters. The predicted molar refractivity (Wildman–Crippen MR) is 139 cm³/mol. The number of imidazole rings is 1. The van der Waals surface area contributed by atoms with Crippen molar-refractivity contribution in [2.75, 3.05) is 45.3 Å². The summed E-state index contributed by atoms with van der Waals surface area (Å²) >= 11 is 0. The second-order valence-electron chi connectivity index (χ2n) is 9.72. The number of piperidine rings is 1. The number of nitrogens with zero attached hydrogens (tertiary/aromatic N) is 6. The first-order chi connectivity index (χ1) is 17.4. The van der Waals surface area contributed by atoms with Crippen LogP contribution >= 0.6 is 0 Å². The van der Waals surface area contributed by atoms with Gasteiger partial charge in [-0.05, 0) is 50.1 Å². The van der Waals surface area contributed by atoms with E-state index in [0.717, 1.165) is 46.3 Å². The number of fused-ring (bicyclic) bond motifs is 2. The van der Waals surface area contributed by atoms with Gasteiger partial charge in [0, 0.05) is 68.5 Å². The van der Waals surface area contributed by atoms with Gasteiger partial charge in [-0.1, -0.05) is 0 Å². The van der Waals surface area contributed by atoms with Crippen molar-refractivity contribution in [3.05, 3.63) is 60.3 Å². The van der Waals surface area contributed by atoms with Gasteiger partial charge >= 0.3 is 0 Å². The predicted octanol–water partition coefficient (Wildman–Crippen LogP) is 3.04. The molecule has 1 amide bonds. The molecule has 1 N–H and O–H groups in total. The van der Waals surface area contributed by atoms with E-state index < -0.39 is 5.60 Å². The lowest BCUT2D eigenvalue weighted by Gasteiger charge is -2.42. The minimum absolute atomic E-state index is 0.136. The smallest absolute Gasteiger partial charge is 0.253 e. The highest BCUT2D eigenvalue weighted by Gasteiger charge is 2.36. The molecule has 1 saturated heterocycles. The van der Waals surface area contributed by atoms with Crippen molar-refractivity contribution in [1.82, 2.24) is 24.4 Å². The molecule has 1 aromatic carbocycles. The van der Waals surface area contributed by atoms with Gasteiger partial charge in [-0.2, -0.15) is 0 Å². The number of aromatic nitrogens is 4. The monoisotopic (exact) mass is 488 g/mol. The number of likely N-dealkylation sites (N-methyl/N-ethyl adjacent to an activating group) is 1. The first kappa shape index (κ1) is 24.1. The zero-order chi connectivity index (χ0) is 25.3. The molecule has 0 saturated carbocycles. The van der Waals surface area contributed by atoms with Crippen LogP contribution in [0, 0.1) is 6.92 Å². The van der Waals surface area contributed by atoms with E-state index >= 15 is 0 Å². The largest absolute Gasteiger partial charge is 0.386 e. The summed E-state index contributed by atoms with van der Waals surface area (Å²) in [5, 5.41) is 12.5. The summed E-state index contributed by atoms with van der Waals surface area (Å²) < 4.78 is 7.17. The molecule has 4 aromatic rings. The molecule has 4 heterocycles. The Bertz CT molecular complexity index is 1400. The first-order valence-electron chi connectivity index (χ1n) is 12.2. The maximum Gasteiger partial charge on any atom is 0.253 e. The molecular weight excluding hydrogens is 456 g/mol. The lowest BCUT2D eigenvalue weighted by atomic mass is 9.91. The SMILES string of the molecule is COCCn1cnc2cc(C(=O)N(C)C[C@]3(O)CCCN(c4cc(C)nc5ccncc45)C3)ccc21. The molecule has 0 unspecified atom stereocenters. The zero-order valence-corrected chi connectivity index (χ0v) is 21.0. The Morgan fingerprint density at radius 3 is 2.94 bits per heavy atom. The standard InChI is InChI=1S/C27H32N6O3/c1-19-13-25(21-15-28-9-7-22(21)30-19)32-10-4-8-27(35,17-32)16-31(2)26(34)20-5-6-24-23(14-20)29-18-33(24)11-12-36-3/h5-7,9,13-15,18,35H,4,8,10-12,16-17H2,1-3H3/t27-/m1/s1. The van der Waals surface area contributed by atoms with Gasteiger partial charge in [0.05, 0.1) is 41.6 Å². The quantitative estimate of drug-likeness (QED) is 0.427. The zero-order valence-electron chi connectivity index (χ0n) is 21.0. The van der Waals surface area contributed by atoms with Crippen molar-refractivity contribution in [2.45, 2.75) is 31.9 Å². The summed E-state index contributed by atoms with van der Waals surface area (Å²) in [7, 11) is 3.42. The van der Waals surface area contributed by atoms with Gasteiger partial charge in [0.2, 0.25) is 0 Å². The molecule has 0 bridgehead atoms. The molecule has 9 heteroatoms. The Morgan fingerprint density at radius 2 is 2.11 bits per heavy atom. The number of anilines is 1. The molecule has 0 aliphatic carbocycles. The topological polar surface area (TPSA) is 96.6 Å². The van der Waals surface area contributed by atoms with Gasteiger partial charge in [-0.15, -0.1) is 0 Å². The number of methoxy groups -OCH3 is 1. The Labute approximate surface area is 210 Å². The van der Waals surface area contributed by atoms with Crippen molar-refractivity contribution < 1.29 is 14.6 Å². The molecule has 36 heavy (non-hydrogen) atoms. The molecule has 0 spiro atoms. The number of pyridine rings is 2. The van der Waals surface area contributed by atoms with Crippen LogP contribution < -0.4 is 4.90 Å². The van der Waals surface area contributed by atoms with Crippen LogP contribution in [0.1, 0.15) is 28.9 Å². The van der Waals surface area contributed by atoms with E-state index in [1.807, 2.05) is 48.0 Å². The van der Waals surface area contributed by atoms with Gasteiger partial charge in [0.25, 0.3) is 5.91 Å². The number of β-amino-alcohol motifs (C(OH)–C–C–N with tert-alkyl or cyclic N) is 1. The lowest BCUT2D eigenvalue weighted by Crippen LogP contribution is -2.54. The normalized spacial score (nSPS) is 18.2. The van der Waals surface area contributed by atoms with Gasteiger partial charge < -0.3 is 24.2 Å². The Morgan fingerprint density at radius 1 is 1.25 bits per heavy atom. The number of amides is 1. The van der Waals surface area contributed by atoms with Crippen LogP contribution in [0.15, 0.2) is 49.1 Å². The van der Waals surface area contributed by atoms with E-state index in [0.29, 0.717) is 31.7 Å². The van der Waals surface area contributed by atoms with E-state index in [4.69, 9.17) is 4.74 Å². The third kappa shape index (κ3) is 4.76. The molecule has 9 nitrogen and oxygen atoms in total. The third-order valence-electron chi connectivity index (χ3n) is 6.89. The highest BCUT2D eigenvalue weighted by Crippen LogP contribution is 2.32. The molecule has 188 valence electrons. The number of ether oxygens (including phenoxy) is 1. The van der Waals surface area contributed by atoms with Crippen LogP contribution in [0.25, 0.3) is 21.9 Å². The van der Waals surface area contributed by atoms with E-state index in [1.165, 1.54) is 0 Å². The fourth-order valence-electron chi connectivity index (χ4n) is 5.19. The molecule has 1 fully saturated rings. The molecular formula is C27H32N6O3. The molecule has 1 aliphatic heterocycles. The number of benzene rings is 1. The van der Waals surface area contributed by atoms with Gasteiger partial charge in [-0.25, -0.2) is 4.98 Å². The highest BCUT2D eigenvalue weighted by atomic mass is 16.5. The average Bonchev–Trinajstić information content (AvgIpc) is 3.28. The summed E-state index contributed by atoms with van der Waals surface area (Å²) in [6.07, 6.45) is 6.79. The number of aryl methyl sites for hydroxylation is 1. The minimum Gasteiger partial charge on any atom is -0.386 e. The van der Waals surface area contributed by atoms with Crippen molar-refractivity contribution in [2.24, 2.45) is 0 Å². The van der Waals surface area contributed by atoms with E-state index in [-0.39, 0.29) is 12.5 Å². The average molecular weight is 489 g/mol. The molecule has 0 radical (unpaired) electrons. The van der Waals surface area contributed by atoms with Crippen molar-refractivity contribution in [3.63, 3.8) is 0 Å². The fraction of sp³-hybridized carbons (Fsp3) is 0.407. The van der Waals surface area contributed by atoms with Crippen molar-refractivity contribution in [1.29, 1.82) is 0 Å². The summed E-state index contributed by atoms with van der Waals surface area (Å²) in [5.74, 6) is -0.136. The summed E-state index contributed by atoms with van der Waals surface area (Å²) in [5.41, 5.74) is 4.09. The molecule has 1 aliphatic rings. The van der Waals surface area contributed by atoms with E-state index in [9.17, 15) is 9.90 Å². The number of hydrogen-bond acceptors (Lipinski definition) is 7. The number of carbonyl (C=O) groups is 1. The van der Waals surface area contributed by atoms with Crippen LogP contribution in [-0.4, -0.2) is 81.4 Å². The maximum atomic E-state index is 13.3. The number of rotatable bonds is 7. The van der Waals surface area contributed by atoms with Crippen LogP contribution in [0.5, 0.6) is 0 Å². The second kappa shape index (κ2) is 9.83. The van der Waals surface area contributed by atoms with E-state index in [2.05, 4.69) is 19.9 Å². The second-order valence-corrected chi connectivity index (χ2v) is 9.72. The minimum atomic E-state index is -1.03. The summed E-state index contributed by atoms with van der Waals surface area (Å²) in [4.78, 5) is 30.4. The van der Waals surface area contributed by atoms with Crippen LogP contribution in [0.2, 0.25) is 0 Å². The Kier molecular flexibility index (Phi) is 6.59. The van der Waals surface area contributed by atoms with Crippen LogP contribution in [0.4, 0.5) is 5.69 Å². The molecule has 3 aromatic heterocycles. The lowest BCUT2D eigenvalue weighted by molar-refractivity contribution is 0.0000702. The third-order valence-corrected chi connectivity index (χ3v) is 6.89. The van der Waals surface area contributed by atoms with Gasteiger partial charge in [-0.3, -0.25) is 14.8 Å². The first-order valence-corrected chi connectivity index (χ1v) is 12.2. The van der Waals surface area contributed by atoms with Crippen LogP contribution in [-0.2, 0) is 11.3 Å². The molecule has 5 rings (SSSR count).